The highest BCUT2D eigenvalue weighted by molar-refractivity contribution is 7.17. The number of thiazole rings is 1. The van der Waals surface area contributed by atoms with E-state index in [0.717, 1.165) is 10.6 Å². The minimum absolute atomic E-state index is 0.0133. The molecule has 1 aromatic heterocycles. The quantitative estimate of drug-likeness (QED) is 0.886. The number of carbonyl (C=O) groups excluding carboxylic acids is 2. The number of benzene rings is 1. The molecule has 0 saturated carbocycles. The molecule has 3 rings (SSSR count). The summed E-state index contributed by atoms with van der Waals surface area (Å²) >= 11 is 7.34. The number of nitrogens with zero attached hydrogens (tertiary/aromatic N) is 2. The number of halogens is 1. The fourth-order valence-corrected chi connectivity index (χ4v) is 4.08. The molecule has 7 heteroatoms. The van der Waals surface area contributed by atoms with Crippen molar-refractivity contribution in [2.24, 2.45) is 0 Å². The Balaban J connectivity index is 1.76. The van der Waals surface area contributed by atoms with E-state index < -0.39 is 6.04 Å². The van der Waals surface area contributed by atoms with Crippen LogP contribution in [0.5, 0.6) is 0 Å². The van der Waals surface area contributed by atoms with E-state index >= 15 is 0 Å². The molecule has 0 radical (unpaired) electrons. The number of hydrogen-bond donors (Lipinski definition) is 1. The summed E-state index contributed by atoms with van der Waals surface area (Å²) < 4.78 is 0. The smallest absolute Gasteiger partial charge is 0.263 e. The van der Waals surface area contributed by atoms with Gasteiger partial charge in [0.1, 0.15) is 15.9 Å². The first-order chi connectivity index (χ1) is 11.9. The van der Waals surface area contributed by atoms with Gasteiger partial charge in [-0.05, 0) is 39.3 Å². The van der Waals surface area contributed by atoms with Crippen molar-refractivity contribution in [1.82, 2.24) is 15.2 Å². The SMILES string of the molecule is Cc1nc(-c2cccc(Cl)c2)sc1C(=O)N[C@H]1CCN(C(C)C)C1=O. The molecule has 0 aliphatic carbocycles. The first kappa shape index (κ1) is 17.9. The maximum Gasteiger partial charge on any atom is 0.263 e. The summed E-state index contributed by atoms with van der Waals surface area (Å²) in [4.78, 5) is 31.8. The van der Waals surface area contributed by atoms with Crippen LogP contribution in [0.15, 0.2) is 24.3 Å². The highest BCUT2D eigenvalue weighted by atomic mass is 35.5. The topological polar surface area (TPSA) is 62.3 Å². The summed E-state index contributed by atoms with van der Waals surface area (Å²) in [6.07, 6.45) is 0.641. The van der Waals surface area contributed by atoms with Gasteiger partial charge < -0.3 is 10.2 Å². The highest BCUT2D eigenvalue weighted by Crippen LogP contribution is 2.29. The largest absolute Gasteiger partial charge is 0.339 e. The van der Waals surface area contributed by atoms with Crippen LogP contribution in [0.4, 0.5) is 0 Å². The molecule has 2 amide bonds. The number of aromatic nitrogens is 1. The van der Waals surface area contributed by atoms with Crippen LogP contribution in [0.1, 0.15) is 35.6 Å². The first-order valence-electron chi connectivity index (χ1n) is 8.21. The molecule has 1 aliphatic rings. The molecule has 2 heterocycles. The summed E-state index contributed by atoms with van der Waals surface area (Å²) in [5.41, 5.74) is 1.53. The average molecular weight is 378 g/mol. The number of amides is 2. The van der Waals surface area contributed by atoms with Gasteiger partial charge in [0, 0.05) is 23.2 Å². The molecular formula is C18H20ClN3O2S. The Morgan fingerprint density at radius 2 is 2.20 bits per heavy atom. The minimum atomic E-state index is -0.453. The van der Waals surface area contributed by atoms with Gasteiger partial charge in [-0.1, -0.05) is 23.7 Å². The average Bonchev–Trinajstić information content (AvgIpc) is 3.11. The van der Waals surface area contributed by atoms with Crippen molar-refractivity contribution in [3.05, 3.63) is 39.9 Å². The zero-order valence-corrected chi connectivity index (χ0v) is 15.9. The molecule has 1 saturated heterocycles. The van der Waals surface area contributed by atoms with Gasteiger partial charge in [0.05, 0.1) is 5.69 Å². The van der Waals surface area contributed by atoms with Gasteiger partial charge in [0.25, 0.3) is 5.91 Å². The first-order valence-corrected chi connectivity index (χ1v) is 9.41. The molecule has 0 bridgehead atoms. The van der Waals surface area contributed by atoms with Gasteiger partial charge in [-0.15, -0.1) is 11.3 Å². The molecule has 1 fully saturated rings. The summed E-state index contributed by atoms with van der Waals surface area (Å²) in [5.74, 6) is -0.257. The molecule has 0 unspecified atom stereocenters. The van der Waals surface area contributed by atoms with Crippen LogP contribution < -0.4 is 5.32 Å². The zero-order chi connectivity index (χ0) is 18.1. The third-order valence-corrected chi connectivity index (χ3v) is 5.68. The van der Waals surface area contributed by atoms with Crippen LogP contribution in [-0.2, 0) is 4.79 Å². The Morgan fingerprint density at radius 3 is 2.84 bits per heavy atom. The normalized spacial score (nSPS) is 17.4. The molecule has 1 aliphatic heterocycles. The summed E-state index contributed by atoms with van der Waals surface area (Å²) in [6, 6.07) is 7.08. The van der Waals surface area contributed by atoms with Crippen LogP contribution in [0.25, 0.3) is 10.6 Å². The minimum Gasteiger partial charge on any atom is -0.339 e. The Labute approximate surface area is 156 Å². The standard InChI is InChI=1S/C18H20ClN3O2S/c1-10(2)22-8-7-14(18(22)24)21-16(23)15-11(3)20-17(25-15)12-5-4-6-13(19)9-12/h4-6,9-10,14H,7-8H2,1-3H3,(H,21,23)/t14-/m0/s1. The van der Waals surface area contributed by atoms with Crippen molar-refractivity contribution in [1.29, 1.82) is 0 Å². The van der Waals surface area contributed by atoms with E-state index in [1.165, 1.54) is 11.3 Å². The molecule has 0 spiro atoms. The van der Waals surface area contributed by atoms with Gasteiger partial charge in [-0.3, -0.25) is 9.59 Å². The van der Waals surface area contributed by atoms with Gasteiger partial charge in [0.15, 0.2) is 0 Å². The molecule has 2 aromatic rings. The maximum atomic E-state index is 12.6. The predicted octanol–water partition coefficient (Wildman–Crippen LogP) is 3.51. The van der Waals surface area contributed by atoms with Crippen LogP contribution in [0.3, 0.4) is 0 Å². The van der Waals surface area contributed by atoms with Crippen molar-refractivity contribution in [2.45, 2.75) is 39.3 Å². The fourth-order valence-electron chi connectivity index (χ4n) is 2.92. The third-order valence-electron chi connectivity index (χ3n) is 4.24. The summed E-state index contributed by atoms with van der Waals surface area (Å²) in [6.45, 7) is 6.44. The van der Waals surface area contributed by atoms with Crippen LogP contribution in [0.2, 0.25) is 5.02 Å². The van der Waals surface area contributed by atoms with Gasteiger partial charge in [-0.2, -0.15) is 0 Å². The van der Waals surface area contributed by atoms with E-state index in [-0.39, 0.29) is 17.9 Å². The Kier molecular flexibility index (Phi) is 5.11. The number of carbonyl (C=O) groups is 2. The predicted molar refractivity (Wildman–Crippen MR) is 100 cm³/mol. The molecule has 1 N–H and O–H groups in total. The van der Waals surface area contributed by atoms with Crippen LogP contribution in [0, 0.1) is 6.92 Å². The van der Waals surface area contributed by atoms with Gasteiger partial charge >= 0.3 is 0 Å². The lowest BCUT2D eigenvalue weighted by Crippen LogP contribution is -2.43. The maximum absolute atomic E-state index is 12.6. The van der Waals surface area contributed by atoms with E-state index in [2.05, 4.69) is 10.3 Å². The zero-order valence-electron chi connectivity index (χ0n) is 14.4. The molecular weight excluding hydrogens is 358 g/mol. The van der Waals surface area contributed by atoms with E-state index in [1.807, 2.05) is 32.0 Å². The lowest BCUT2D eigenvalue weighted by molar-refractivity contribution is -0.130. The second-order valence-corrected chi connectivity index (χ2v) is 7.82. The van der Waals surface area contributed by atoms with E-state index in [0.29, 0.717) is 28.6 Å². The lowest BCUT2D eigenvalue weighted by Gasteiger charge is -2.21. The number of rotatable bonds is 4. The molecule has 132 valence electrons. The Bertz CT molecular complexity index is 818. The Morgan fingerprint density at radius 1 is 1.44 bits per heavy atom. The van der Waals surface area contributed by atoms with E-state index in [9.17, 15) is 9.59 Å². The lowest BCUT2D eigenvalue weighted by atomic mass is 10.2. The van der Waals surface area contributed by atoms with Crippen molar-refractivity contribution < 1.29 is 9.59 Å². The number of aryl methyl sites for hydroxylation is 1. The van der Waals surface area contributed by atoms with Crippen molar-refractivity contribution in [2.75, 3.05) is 6.54 Å². The van der Waals surface area contributed by atoms with Crippen molar-refractivity contribution in [3.63, 3.8) is 0 Å². The number of hydrogen-bond acceptors (Lipinski definition) is 4. The molecule has 1 atom stereocenters. The second kappa shape index (κ2) is 7.14. The molecule has 5 nitrogen and oxygen atoms in total. The van der Waals surface area contributed by atoms with Gasteiger partial charge in [-0.25, -0.2) is 4.98 Å². The number of likely N-dealkylation sites (tertiary alicyclic amines) is 1. The Hall–Kier alpha value is -1.92. The fraction of sp³-hybridized carbons (Fsp3) is 0.389. The second-order valence-electron chi connectivity index (χ2n) is 6.38. The van der Waals surface area contributed by atoms with Crippen molar-refractivity contribution >= 4 is 34.8 Å². The van der Waals surface area contributed by atoms with Crippen LogP contribution >= 0.6 is 22.9 Å². The highest BCUT2D eigenvalue weighted by Gasteiger charge is 2.34. The summed E-state index contributed by atoms with van der Waals surface area (Å²) in [7, 11) is 0. The van der Waals surface area contributed by atoms with E-state index in [1.54, 1.807) is 17.9 Å². The van der Waals surface area contributed by atoms with Gasteiger partial charge in [0.2, 0.25) is 5.91 Å². The molecule has 25 heavy (non-hydrogen) atoms. The van der Waals surface area contributed by atoms with E-state index in [4.69, 9.17) is 11.6 Å². The third kappa shape index (κ3) is 3.70. The van der Waals surface area contributed by atoms with Crippen LogP contribution in [-0.4, -0.2) is 40.3 Å². The monoisotopic (exact) mass is 377 g/mol. The summed E-state index contributed by atoms with van der Waals surface area (Å²) in [5, 5.41) is 4.23. The molecule has 1 aromatic carbocycles. The number of nitrogens with one attached hydrogen (secondary N) is 1. The van der Waals surface area contributed by atoms with Crippen molar-refractivity contribution in [3.8, 4) is 10.6 Å².